The molecule has 382 valence electrons. The number of aliphatic imine (C=N–C) groups is 1. The summed E-state index contributed by atoms with van der Waals surface area (Å²) < 4.78 is 18.0. The number of hydrogen-bond donors (Lipinski definition) is 0. The SMILES string of the molecule is C=NCc1ncc(N2CC3(CCC(c4ccccc4)(N(C)CC)CC3)N(CC3CCC3COc3nc(C#N)ccc3N3CC4(CCC(c5ccccc5)(N(C)C)CC4)N(CCCOC)C3=O)C2=O)c(OC)n1. The molecule has 2 aromatic heterocycles. The molecule has 0 N–H and O–H groups in total. The summed E-state index contributed by atoms with van der Waals surface area (Å²) in [5.41, 5.74) is 2.80. The molecule has 2 saturated heterocycles. The Morgan fingerprint density at radius 1 is 0.764 bits per heavy atom. The molecule has 72 heavy (non-hydrogen) atoms. The van der Waals surface area contributed by atoms with Gasteiger partial charge in [-0.3, -0.25) is 24.6 Å². The zero-order valence-electron chi connectivity index (χ0n) is 43.3. The zero-order chi connectivity index (χ0) is 50.7. The maximum atomic E-state index is 15.1. The van der Waals surface area contributed by atoms with E-state index in [1.54, 1.807) is 26.5 Å². The first-order chi connectivity index (χ1) is 34.9. The Balaban J connectivity index is 0.963. The minimum Gasteiger partial charge on any atom is -0.479 e. The van der Waals surface area contributed by atoms with Gasteiger partial charge in [-0.1, -0.05) is 67.6 Å². The first-order valence-electron chi connectivity index (χ1n) is 25.9. The number of nitrogens with zero attached hydrogens (tertiary/aromatic N) is 11. The number of carbonyl (C=O) groups is 2. The third-order valence-electron chi connectivity index (χ3n) is 17.6. The van der Waals surface area contributed by atoms with E-state index in [-0.39, 0.29) is 53.1 Å². The average molecular weight is 980 g/mol. The number of methoxy groups -OCH3 is 2. The lowest BCUT2D eigenvalue weighted by Gasteiger charge is -2.52. The predicted octanol–water partition coefficient (Wildman–Crippen LogP) is 8.51. The summed E-state index contributed by atoms with van der Waals surface area (Å²) in [4.78, 5) is 60.6. The van der Waals surface area contributed by atoms with Crippen LogP contribution in [-0.4, -0.2) is 146 Å². The maximum absolute atomic E-state index is 15.1. The molecule has 3 saturated carbocycles. The number of anilines is 2. The molecule has 2 aliphatic heterocycles. The van der Waals surface area contributed by atoms with Gasteiger partial charge in [-0.15, -0.1) is 0 Å². The summed E-state index contributed by atoms with van der Waals surface area (Å²) in [6.45, 7) is 9.97. The Morgan fingerprint density at radius 3 is 1.93 bits per heavy atom. The van der Waals surface area contributed by atoms with Crippen molar-refractivity contribution in [3.8, 4) is 17.8 Å². The van der Waals surface area contributed by atoms with Gasteiger partial charge in [0.2, 0.25) is 11.8 Å². The summed E-state index contributed by atoms with van der Waals surface area (Å²) in [7, 11) is 9.81. The second-order valence-electron chi connectivity index (χ2n) is 21.1. The zero-order valence-corrected chi connectivity index (χ0v) is 43.3. The Labute approximate surface area is 426 Å². The fraction of sp³-hybridized carbons (Fsp3) is 0.554. The Hall–Kier alpha value is -6.15. The van der Waals surface area contributed by atoms with Crippen LogP contribution in [0.25, 0.3) is 0 Å². The molecule has 16 nitrogen and oxygen atoms in total. The van der Waals surface area contributed by atoms with E-state index in [1.165, 1.54) is 11.1 Å². The highest BCUT2D eigenvalue weighted by atomic mass is 16.5. The van der Waals surface area contributed by atoms with Gasteiger partial charge in [0, 0.05) is 37.9 Å². The fourth-order valence-electron chi connectivity index (χ4n) is 13.0. The first kappa shape index (κ1) is 50.8. The predicted molar refractivity (Wildman–Crippen MR) is 279 cm³/mol. The van der Waals surface area contributed by atoms with Gasteiger partial charge >= 0.3 is 12.1 Å². The van der Waals surface area contributed by atoms with Gasteiger partial charge in [0.1, 0.15) is 23.1 Å². The van der Waals surface area contributed by atoms with E-state index in [1.807, 2.05) is 15.9 Å². The van der Waals surface area contributed by atoms with E-state index < -0.39 is 11.1 Å². The van der Waals surface area contributed by atoms with Gasteiger partial charge in [0.25, 0.3) is 0 Å². The topological polar surface area (TPSA) is 156 Å². The van der Waals surface area contributed by atoms with Gasteiger partial charge in [-0.25, -0.2) is 19.6 Å². The lowest BCUT2D eigenvalue weighted by molar-refractivity contribution is -0.00312. The molecule has 16 heteroatoms. The highest BCUT2D eigenvalue weighted by Gasteiger charge is 2.58. The van der Waals surface area contributed by atoms with Crippen molar-refractivity contribution < 1.29 is 23.8 Å². The molecule has 5 fully saturated rings. The lowest BCUT2D eigenvalue weighted by Crippen LogP contribution is -2.57. The largest absolute Gasteiger partial charge is 0.479 e. The molecule has 2 unspecified atom stereocenters. The molecule has 0 bridgehead atoms. The van der Waals surface area contributed by atoms with Gasteiger partial charge in [-0.05, 0) is 140 Å². The van der Waals surface area contributed by atoms with E-state index in [0.29, 0.717) is 62.5 Å². The van der Waals surface area contributed by atoms with Crippen LogP contribution in [0.1, 0.15) is 100 Å². The third-order valence-corrected chi connectivity index (χ3v) is 17.6. The molecule has 4 heterocycles. The number of nitriles is 1. The minimum absolute atomic E-state index is 0.0774. The molecule has 0 radical (unpaired) electrons. The van der Waals surface area contributed by atoms with E-state index >= 15 is 4.79 Å². The highest BCUT2D eigenvalue weighted by molar-refractivity contribution is 5.97. The molecule has 2 aromatic carbocycles. The van der Waals surface area contributed by atoms with E-state index in [0.717, 1.165) is 77.2 Å². The maximum Gasteiger partial charge on any atom is 0.325 e. The number of benzene rings is 2. The van der Waals surface area contributed by atoms with Crippen LogP contribution in [0.3, 0.4) is 0 Å². The van der Waals surface area contributed by atoms with Crippen LogP contribution in [-0.2, 0) is 22.4 Å². The van der Waals surface area contributed by atoms with Gasteiger partial charge in [-0.2, -0.15) is 10.2 Å². The van der Waals surface area contributed by atoms with E-state index in [4.69, 9.17) is 19.2 Å². The molecule has 2 spiro atoms. The molecule has 4 amide bonds. The summed E-state index contributed by atoms with van der Waals surface area (Å²) >= 11 is 0. The third kappa shape index (κ3) is 9.17. The van der Waals surface area contributed by atoms with Crippen LogP contribution in [0.2, 0.25) is 0 Å². The van der Waals surface area contributed by atoms with Crippen LogP contribution in [0.5, 0.6) is 11.8 Å². The Kier molecular flexibility index (Phi) is 14.9. The summed E-state index contributed by atoms with van der Waals surface area (Å²) in [6.07, 6.45) is 11.1. The van der Waals surface area contributed by atoms with Crippen molar-refractivity contribution >= 4 is 30.2 Å². The normalized spacial score (nSPS) is 27.3. The summed E-state index contributed by atoms with van der Waals surface area (Å²) in [5, 5.41) is 10.1. The summed E-state index contributed by atoms with van der Waals surface area (Å²) in [6, 6.07) is 27.1. The smallest absolute Gasteiger partial charge is 0.325 e. The molecule has 3 aliphatic carbocycles. The van der Waals surface area contributed by atoms with Gasteiger partial charge in [0.05, 0.1) is 50.6 Å². The minimum atomic E-state index is -0.444. The van der Waals surface area contributed by atoms with E-state index in [2.05, 4.69) is 136 Å². The summed E-state index contributed by atoms with van der Waals surface area (Å²) in [5.74, 6) is 1.38. The molecular formula is C56H73N11O5. The van der Waals surface area contributed by atoms with Crippen molar-refractivity contribution in [3.05, 3.63) is 102 Å². The first-order valence-corrected chi connectivity index (χ1v) is 25.9. The number of urea groups is 2. The number of pyridine rings is 1. The number of ether oxygens (including phenoxy) is 3. The average Bonchev–Trinajstić information content (AvgIpc) is 3.82. The molecule has 9 rings (SSSR count). The lowest BCUT2D eigenvalue weighted by atomic mass is 9.67. The quantitative estimate of drug-likeness (QED) is 0.0656. The van der Waals surface area contributed by atoms with Crippen LogP contribution in [0, 0.1) is 23.2 Å². The molecule has 5 aliphatic rings. The standard InChI is InChI=1S/C56H73N11O5/c1-8-63(5)56(44-18-13-10-14-19-44)30-26-54(27-31-56)40-65(47-35-59-48(36-58-2)61-49(47)71-7)52(69)67(54)37-41-20-21-42(41)38-72-50-46(23-22-45(34-57)60-50)64-39-53(66(51(64)68)32-15-33-70-6)24-28-55(29-25-53,62(3)4)43-16-11-9-12-17-43/h9-14,16-19,22-23,35,41-42H,2,8,15,20-21,24-33,36-40H2,1,3-7H3. The monoisotopic (exact) mass is 980 g/mol. The van der Waals surface area contributed by atoms with Crippen molar-refractivity contribution in [2.24, 2.45) is 16.8 Å². The number of hydrogen-bond acceptors (Lipinski definition) is 12. The second kappa shape index (κ2) is 21.1. The van der Waals surface area contributed by atoms with Crippen LogP contribution in [0.4, 0.5) is 21.0 Å². The Bertz CT molecular complexity index is 2590. The Morgan fingerprint density at radius 2 is 1.36 bits per heavy atom. The number of rotatable bonds is 19. The van der Waals surface area contributed by atoms with Crippen molar-refractivity contribution in [1.29, 1.82) is 5.26 Å². The highest BCUT2D eigenvalue weighted by Crippen LogP contribution is 2.53. The van der Waals surface area contributed by atoms with Crippen LogP contribution in [0.15, 0.2) is 84.0 Å². The number of aromatic nitrogens is 3. The number of carbonyl (C=O) groups excluding carboxylic acids is 2. The van der Waals surface area contributed by atoms with Crippen molar-refractivity contribution in [2.75, 3.05) is 91.1 Å². The van der Waals surface area contributed by atoms with E-state index in [9.17, 15) is 10.1 Å². The van der Waals surface area contributed by atoms with Gasteiger partial charge < -0.3 is 24.0 Å². The van der Waals surface area contributed by atoms with Crippen LogP contribution < -0.4 is 19.3 Å². The van der Waals surface area contributed by atoms with Crippen molar-refractivity contribution in [3.63, 3.8) is 0 Å². The fourth-order valence-corrected chi connectivity index (χ4v) is 13.0. The van der Waals surface area contributed by atoms with Gasteiger partial charge in [0.15, 0.2) is 5.82 Å². The van der Waals surface area contributed by atoms with Crippen molar-refractivity contribution in [1.82, 2.24) is 34.6 Å². The second-order valence-corrected chi connectivity index (χ2v) is 21.1. The molecule has 2 atom stereocenters. The van der Waals surface area contributed by atoms with Crippen LogP contribution >= 0.6 is 0 Å². The van der Waals surface area contributed by atoms with Crippen molar-refractivity contribution in [2.45, 2.75) is 106 Å². The number of amides is 4. The molecular weight excluding hydrogens is 907 g/mol. The molecule has 4 aromatic rings.